The number of likely N-dealkylation sites (N-methyl/N-ethyl adjacent to an activating group) is 2. The highest BCUT2D eigenvalue weighted by molar-refractivity contribution is 7.89. The van der Waals surface area contributed by atoms with Crippen LogP contribution in [0.15, 0.2) is 153 Å². The van der Waals surface area contributed by atoms with E-state index in [0.717, 1.165) is 97.2 Å². The molecule has 0 radical (unpaired) electrons. The van der Waals surface area contributed by atoms with Crippen LogP contribution in [0.3, 0.4) is 0 Å². The minimum atomic E-state index is -4.11. The predicted molar refractivity (Wildman–Crippen MR) is 535 cm³/mol. The lowest BCUT2D eigenvalue weighted by Gasteiger charge is -2.43. The molecule has 5 aromatic carbocycles. The summed E-state index contributed by atoms with van der Waals surface area (Å²) in [6.45, 7) is 14.6. The second-order valence-corrected chi connectivity index (χ2v) is 42.2. The van der Waals surface area contributed by atoms with Crippen LogP contribution in [0.1, 0.15) is 197 Å². The fourth-order valence-electron chi connectivity index (χ4n) is 19.7. The van der Waals surface area contributed by atoms with Crippen molar-refractivity contribution in [3.63, 3.8) is 0 Å². The topological polar surface area (TPSA) is 381 Å². The smallest absolute Gasteiger partial charge is 0.288 e. The number of rotatable bonds is 42. The Bertz CT molecular complexity index is 5370. The number of aliphatic imine (C=N–C) groups is 3. The zero-order chi connectivity index (χ0) is 98.7. The molecule has 36 heteroatoms. The number of unbranched alkanes of at least 4 members (excludes halogenated alkanes) is 3. The van der Waals surface area contributed by atoms with Crippen LogP contribution in [0.5, 0.6) is 11.5 Å². The molecule has 750 valence electrons. The van der Waals surface area contributed by atoms with Gasteiger partial charge in [0, 0.05) is 88.5 Å². The normalized spacial score (nSPS) is 21.3. The summed E-state index contributed by atoms with van der Waals surface area (Å²) < 4.78 is 63.5. The second kappa shape index (κ2) is 47.9. The Hall–Kier alpha value is -10.8. The molecule has 9 N–H and O–H groups in total. The SMILES string of the molecule is COc1cc(CNC(=O)[C@@H]2CN(C3=NC(C)(C)[C@H](c4cccc(S(=O)(=O)NCCCC[C@@H](NC5CCCCC5)C(=O)N5CCN(C6=N[C@@H](C)[C@@H](c7ccccc7)O6)C[C@H]5C(=O)NCc5cccs5)c4)O3)CCN2C(=O)[C@@H](CCCCN(C)C)N(C)Cc2cccc([C@@H]3OC(N4CCN(C(=O)[C@@H](CCCCN(C)C)N(C)C)[C@H](C(=O)NCc5ccc(C(N)=O)c(OC)c5)C4)=NC3(C)C)c2)ccc1CN. The third-order valence-electron chi connectivity index (χ3n) is 27.5. The first-order valence-electron chi connectivity index (χ1n) is 48.9. The Morgan fingerprint density at radius 3 is 1.62 bits per heavy atom. The van der Waals surface area contributed by atoms with Crippen LogP contribution in [0.25, 0.3) is 0 Å². The van der Waals surface area contributed by atoms with Gasteiger partial charge in [-0.15, -0.1) is 11.3 Å². The molecular formula is C102H146N20O14S2. The van der Waals surface area contributed by atoms with Crippen molar-refractivity contribution in [3.8, 4) is 11.5 Å². The van der Waals surface area contributed by atoms with Crippen molar-refractivity contribution in [1.29, 1.82) is 0 Å². The summed E-state index contributed by atoms with van der Waals surface area (Å²) in [7, 11) is 12.7. The average Bonchev–Trinajstić information content (AvgIpc) is 1.61. The molecule has 7 amide bonds. The maximum absolute atomic E-state index is 16.1. The zero-order valence-electron chi connectivity index (χ0n) is 83.0. The number of piperazine rings is 3. The molecule has 13 rings (SSSR count). The summed E-state index contributed by atoms with van der Waals surface area (Å²) >= 11 is 1.55. The largest absolute Gasteiger partial charge is 0.496 e. The van der Waals surface area contributed by atoms with E-state index in [1.807, 2.05) is 194 Å². The lowest BCUT2D eigenvalue weighted by Crippen LogP contribution is -2.64. The number of nitrogens with one attached hydrogen (secondary N) is 5. The van der Waals surface area contributed by atoms with Crippen LogP contribution in [0, 0.1) is 0 Å². The fourth-order valence-corrected chi connectivity index (χ4v) is 21.5. The predicted octanol–water partition coefficient (Wildman–Crippen LogP) is 8.37. The molecule has 10 atom stereocenters. The van der Waals surface area contributed by atoms with Gasteiger partial charge in [-0.2, -0.15) is 0 Å². The Morgan fingerprint density at radius 1 is 0.543 bits per heavy atom. The second-order valence-electron chi connectivity index (χ2n) is 39.4. The van der Waals surface area contributed by atoms with E-state index >= 15 is 14.4 Å². The minimum absolute atomic E-state index is 0.00760. The van der Waals surface area contributed by atoms with Crippen LogP contribution >= 0.6 is 11.3 Å². The molecular weight excluding hydrogens is 1790 g/mol. The zero-order valence-corrected chi connectivity index (χ0v) is 84.6. The van der Waals surface area contributed by atoms with E-state index in [2.05, 4.69) is 46.8 Å². The van der Waals surface area contributed by atoms with Gasteiger partial charge in [0.25, 0.3) is 24.0 Å². The number of amidine groups is 3. The number of thiophene rings is 1. The van der Waals surface area contributed by atoms with E-state index in [1.54, 1.807) is 69.5 Å². The van der Waals surface area contributed by atoms with Crippen molar-refractivity contribution in [2.45, 2.75) is 240 Å². The maximum atomic E-state index is 16.1. The first-order valence-corrected chi connectivity index (χ1v) is 51.2. The molecule has 0 unspecified atom stereocenters. The highest BCUT2D eigenvalue weighted by Gasteiger charge is 2.50. The number of hydrogen-bond acceptors (Lipinski definition) is 27. The average molecular weight is 1940 g/mol. The Balaban J connectivity index is 0.677. The molecule has 0 bridgehead atoms. The number of nitrogens with two attached hydrogens (primary N) is 2. The lowest BCUT2D eigenvalue weighted by molar-refractivity contribution is -0.147. The van der Waals surface area contributed by atoms with Crippen molar-refractivity contribution in [2.75, 3.05) is 142 Å². The van der Waals surface area contributed by atoms with Crippen LogP contribution in [-0.2, 0) is 85.7 Å². The highest BCUT2D eigenvalue weighted by Crippen LogP contribution is 2.43. The number of amides is 7. The molecule has 7 heterocycles. The molecule has 1 aliphatic carbocycles. The molecule has 34 nitrogen and oxygen atoms in total. The molecule has 1 aromatic heterocycles. The number of carbonyl (C=O) groups excluding carboxylic acids is 7. The van der Waals surface area contributed by atoms with Crippen molar-refractivity contribution >= 4 is 80.8 Å². The van der Waals surface area contributed by atoms with E-state index in [-0.39, 0.29) is 142 Å². The number of sulfonamides is 1. The van der Waals surface area contributed by atoms with Gasteiger partial charge >= 0.3 is 0 Å². The van der Waals surface area contributed by atoms with E-state index < -0.39 is 81.4 Å². The van der Waals surface area contributed by atoms with E-state index in [4.69, 9.17) is 50.1 Å². The Morgan fingerprint density at radius 2 is 1.07 bits per heavy atom. The number of benzene rings is 5. The Labute approximate surface area is 818 Å². The van der Waals surface area contributed by atoms with E-state index in [0.29, 0.717) is 93.6 Å². The number of primary amides is 1. The van der Waals surface area contributed by atoms with E-state index in [1.165, 1.54) is 7.11 Å². The van der Waals surface area contributed by atoms with Gasteiger partial charge in [0.1, 0.15) is 46.8 Å². The van der Waals surface area contributed by atoms with Gasteiger partial charge in [0.2, 0.25) is 45.5 Å². The molecule has 6 aliphatic heterocycles. The van der Waals surface area contributed by atoms with Crippen molar-refractivity contribution in [1.82, 2.24) is 75.0 Å². The molecule has 0 spiro atoms. The molecule has 6 aromatic rings. The summed E-state index contributed by atoms with van der Waals surface area (Å²) in [4.78, 5) is 139. The van der Waals surface area contributed by atoms with Crippen LogP contribution in [0.2, 0.25) is 0 Å². The summed E-state index contributed by atoms with van der Waals surface area (Å²) in [6.07, 6.45) is 9.06. The quantitative estimate of drug-likeness (QED) is 0.0177. The molecule has 7 aliphatic rings. The number of methoxy groups -OCH3 is 2. The number of nitrogens with zero attached hydrogens (tertiary/aromatic N) is 13. The van der Waals surface area contributed by atoms with Crippen LogP contribution < -0.4 is 46.9 Å². The van der Waals surface area contributed by atoms with E-state index in [9.17, 15) is 27.6 Å². The summed E-state index contributed by atoms with van der Waals surface area (Å²) in [5.74, 6) is -1.36. The maximum Gasteiger partial charge on any atom is 0.288 e. The minimum Gasteiger partial charge on any atom is -0.496 e. The van der Waals surface area contributed by atoms with Crippen LogP contribution in [-0.4, -0.2) is 318 Å². The van der Waals surface area contributed by atoms with Crippen LogP contribution in [0.4, 0.5) is 0 Å². The van der Waals surface area contributed by atoms with Gasteiger partial charge < -0.3 is 95.6 Å². The Kier molecular flexibility index (Phi) is 36.3. The van der Waals surface area contributed by atoms with Gasteiger partial charge in [-0.05, 0) is 224 Å². The van der Waals surface area contributed by atoms with Gasteiger partial charge in [-0.25, -0.2) is 28.1 Å². The first-order chi connectivity index (χ1) is 66.1. The van der Waals surface area contributed by atoms with Crippen molar-refractivity contribution < 1.29 is 65.7 Å². The van der Waals surface area contributed by atoms with Gasteiger partial charge in [0.15, 0.2) is 12.2 Å². The lowest BCUT2D eigenvalue weighted by atomic mass is 9.91. The molecule has 3 saturated heterocycles. The molecule has 1 saturated carbocycles. The third-order valence-corrected chi connectivity index (χ3v) is 29.8. The summed E-state index contributed by atoms with van der Waals surface area (Å²) in [5.41, 5.74) is 15.7. The van der Waals surface area contributed by atoms with Gasteiger partial charge in [-0.3, -0.25) is 43.4 Å². The standard InChI is InChI=1S/C102H146N20O14S2/c1-68-88(72-31-17-15-18-32-72)134-98(109-68)117-49-52-120(83(65-117)94(126)107-63-77-37-29-55-137-77)95(127)80(110-76-35-19-16-20-36-76)39-21-24-46-108-138(130,131)78-38-28-34-74(59-78)90-102(4,5)112-100(136-90)119-51-54-122(85(67-119)93(125)105-61-69-42-44-75(60-103)86(57-69)132-13)97(129)82(41-23-26-48-114(8)9)116(12)64-71-30-27-33-73(56-71)89-101(2,3)111-99(135-89)118-50-53-121(96(128)81(115(10)11)40-22-25-47-113(6)7)84(66-118)92(124)106-62-70-43-45-79(91(104)123)87(58-70)133-14/h15,17-18,27-34,37-38,42-45,55-59,68,76,80-85,88-90,108,110H,16,19-26,35-36,39-41,46-54,60-67,103H2,1-14H3,(H2,104,123)(H,105,125)(H,106,124)(H,107,126)/t68-,80+,81+,82+,83-,84-,85-,88-,89-,90-/m0/s1. The van der Waals surface area contributed by atoms with Crippen molar-refractivity contribution in [3.05, 3.63) is 182 Å². The molecule has 4 fully saturated rings. The van der Waals surface area contributed by atoms with Crippen molar-refractivity contribution in [2.24, 2.45) is 26.4 Å². The first kappa shape index (κ1) is 105. The highest BCUT2D eigenvalue weighted by atomic mass is 32.2. The fraction of sp³-hybridized carbons (Fsp3) is 0.569. The number of carbonyl (C=O) groups is 7. The van der Waals surface area contributed by atoms with Gasteiger partial charge in [-0.1, -0.05) is 130 Å². The number of ether oxygens (including phenoxy) is 5. The monoisotopic (exact) mass is 1940 g/mol. The summed E-state index contributed by atoms with van der Waals surface area (Å²) in [6, 6.07) is 35.5. The molecule has 138 heavy (non-hydrogen) atoms. The van der Waals surface area contributed by atoms with Gasteiger partial charge in [0.05, 0.1) is 75.0 Å². The number of hydrogen-bond donors (Lipinski definition) is 7. The third kappa shape index (κ3) is 26.6. The summed E-state index contributed by atoms with van der Waals surface area (Å²) in [5, 5.41) is 15.1.